The third kappa shape index (κ3) is 4.96. The number of hydrogen-bond acceptors (Lipinski definition) is 8. The molecular weight excluding hydrogens is 556 g/mol. The Balaban J connectivity index is 1.26. The first-order chi connectivity index (χ1) is 21.4. The first-order valence-corrected chi connectivity index (χ1v) is 14.4. The maximum atomic E-state index is 14.1. The summed E-state index contributed by atoms with van der Waals surface area (Å²) in [6, 6.07) is 22.6. The minimum atomic E-state index is -1.21. The smallest absolute Gasteiger partial charge is 0.269 e. The maximum Gasteiger partial charge on any atom is 0.269 e. The monoisotopic (exact) mass is 586 g/mol. The maximum absolute atomic E-state index is 14.1. The number of hydrogen-bond donors (Lipinski definition) is 2. The number of aliphatic imine (C=N–C) groups is 1. The van der Waals surface area contributed by atoms with Crippen LogP contribution in [0.3, 0.4) is 0 Å². The molecule has 0 radical (unpaired) electrons. The molecule has 11 nitrogen and oxygen atoms in total. The van der Waals surface area contributed by atoms with Gasteiger partial charge >= 0.3 is 0 Å². The van der Waals surface area contributed by atoms with E-state index in [1.807, 2.05) is 66.7 Å². The zero-order chi connectivity index (χ0) is 30.3. The topological polar surface area (TPSA) is 126 Å². The van der Waals surface area contributed by atoms with E-state index in [0.29, 0.717) is 41.5 Å². The number of carbonyl (C=O) groups excluding carboxylic acids is 2. The Bertz CT molecular complexity index is 1900. The lowest BCUT2D eigenvalue weighted by Gasteiger charge is -2.42. The molecule has 11 heteroatoms. The van der Waals surface area contributed by atoms with E-state index in [0.717, 1.165) is 23.5 Å². The number of nitrogens with one attached hydrogen (secondary N) is 2. The summed E-state index contributed by atoms with van der Waals surface area (Å²) in [5.74, 6) is -0.177. The molecule has 5 heterocycles. The van der Waals surface area contributed by atoms with Gasteiger partial charge in [0.25, 0.3) is 11.8 Å². The van der Waals surface area contributed by atoms with E-state index in [2.05, 4.69) is 39.5 Å². The third-order valence-corrected chi connectivity index (χ3v) is 7.83. The number of anilines is 2. The second-order valence-corrected chi connectivity index (χ2v) is 11.3. The van der Waals surface area contributed by atoms with E-state index in [1.165, 1.54) is 0 Å². The molecule has 5 aromatic rings. The fourth-order valence-corrected chi connectivity index (χ4v) is 5.64. The lowest BCUT2D eigenvalue weighted by Crippen LogP contribution is -2.53. The van der Waals surface area contributed by atoms with Gasteiger partial charge in [0.05, 0.1) is 30.2 Å². The van der Waals surface area contributed by atoms with E-state index >= 15 is 0 Å². The predicted octanol–water partition coefficient (Wildman–Crippen LogP) is 3.95. The van der Waals surface area contributed by atoms with Crippen molar-refractivity contribution in [2.24, 2.45) is 4.99 Å². The number of ether oxygens (including phenoxy) is 1. The number of morpholine rings is 1. The van der Waals surface area contributed by atoms with Gasteiger partial charge in [-0.15, -0.1) is 0 Å². The molecule has 0 unspecified atom stereocenters. The lowest BCUT2D eigenvalue weighted by atomic mass is 10.0. The normalized spacial score (nSPS) is 17.8. The molecule has 2 amide bonds. The molecule has 220 valence electrons. The average Bonchev–Trinajstić information content (AvgIpc) is 3.37. The Kier molecular flexibility index (Phi) is 6.86. The van der Waals surface area contributed by atoms with Crippen LogP contribution in [0.2, 0.25) is 0 Å². The van der Waals surface area contributed by atoms with Crippen LogP contribution >= 0.6 is 0 Å². The molecule has 3 aromatic heterocycles. The number of aromatic nitrogens is 4. The number of carbonyl (C=O) groups is 2. The summed E-state index contributed by atoms with van der Waals surface area (Å²) in [6.07, 6.45) is 3.82. The number of amides is 2. The van der Waals surface area contributed by atoms with E-state index in [1.54, 1.807) is 29.2 Å². The summed E-state index contributed by atoms with van der Waals surface area (Å²) in [6.45, 7) is 6.19. The summed E-state index contributed by atoms with van der Waals surface area (Å²) in [5, 5.41) is 10.5. The van der Waals surface area contributed by atoms with Gasteiger partial charge in [0.15, 0.2) is 5.65 Å². The zero-order valence-corrected chi connectivity index (χ0v) is 24.3. The number of benzodiazepines with no additional fused rings is 1. The molecule has 44 heavy (non-hydrogen) atoms. The fourth-order valence-electron chi connectivity index (χ4n) is 5.64. The Labute approximate surface area is 253 Å². The van der Waals surface area contributed by atoms with Gasteiger partial charge in [-0.3, -0.25) is 9.59 Å². The van der Waals surface area contributed by atoms with Crippen LogP contribution in [0, 0.1) is 0 Å². The molecular formula is C33H30N8O3. The van der Waals surface area contributed by atoms with Crippen LogP contribution in [0.4, 0.5) is 11.5 Å². The molecule has 1 atom stereocenters. The minimum absolute atomic E-state index is 0.205. The molecule has 2 aliphatic heterocycles. The van der Waals surface area contributed by atoms with Crippen LogP contribution in [-0.2, 0) is 9.53 Å². The van der Waals surface area contributed by atoms with Gasteiger partial charge in [-0.25, -0.2) is 19.5 Å². The average molecular weight is 587 g/mol. The fraction of sp³-hybridized carbons (Fsp3) is 0.212. The van der Waals surface area contributed by atoms with Crippen LogP contribution in [-0.4, -0.2) is 68.6 Å². The van der Waals surface area contributed by atoms with Crippen LogP contribution < -0.4 is 15.5 Å². The first kappa shape index (κ1) is 27.4. The van der Waals surface area contributed by atoms with Crippen molar-refractivity contribution in [1.82, 2.24) is 24.9 Å². The van der Waals surface area contributed by atoms with E-state index in [9.17, 15) is 9.59 Å². The van der Waals surface area contributed by atoms with Crippen LogP contribution in [0.5, 0.6) is 0 Å². The highest BCUT2D eigenvalue weighted by molar-refractivity contribution is 6.20. The van der Waals surface area contributed by atoms with Gasteiger partial charge in [-0.1, -0.05) is 48.5 Å². The quantitative estimate of drug-likeness (QED) is 0.319. The molecule has 1 saturated heterocycles. The van der Waals surface area contributed by atoms with E-state index < -0.39 is 18.0 Å². The zero-order valence-electron chi connectivity index (χ0n) is 24.3. The van der Waals surface area contributed by atoms with Gasteiger partial charge in [0.1, 0.15) is 17.1 Å². The molecule has 2 aromatic carbocycles. The van der Waals surface area contributed by atoms with Crippen molar-refractivity contribution in [2.45, 2.75) is 25.6 Å². The van der Waals surface area contributed by atoms with Crippen LogP contribution in [0.15, 0.2) is 96.4 Å². The lowest BCUT2D eigenvalue weighted by molar-refractivity contribution is -0.117. The molecule has 0 aliphatic carbocycles. The van der Waals surface area contributed by atoms with Crippen LogP contribution in [0.1, 0.15) is 35.3 Å². The Morgan fingerprint density at radius 3 is 2.61 bits per heavy atom. The Morgan fingerprint density at radius 1 is 1.00 bits per heavy atom. The Morgan fingerprint density at radius 2 is 1.82 bits per heavy atom. The minimum Gasteiger partial charge on any atom is -0.377 e. The number of fused-ring (bicyclic) bond motifs is 2. The van der Waals surface area contributed by atoms with Gasteiger partial charge in [0.2, 0.25) is 6.17 Å². The summed E-state index contributed by atoms with van der Waals surface area (Å²) < 4.78 is 7.21. The summed E-state index contributed by atoms with van der Waals surface area (Å²) in [4.78, 5) is 43.7. The summed E-state index contributed by atoms with van der Waals surface area (Å²) >= 11 is 0. The largest absolute Gasteiger partial charge is 0.377 e. The van der Waals surface area contributed by atoms with Gasteiger partial charge in [0, 0.05) is 41.8 Å². The van der Waals surface area contributed by atoms with Crippen molar-refractivity contribution < 1.29 is 14.3 Å². The van der Waals surface area contributed by atoms with Gasteiger partial charge in [-0.2, -0.15) is 5.10 Å². The second kappa shape index (κ2) is 11.0. The predicted molar refractivity (Wildman–Crippen MR) is 167 cm³/mol. The molecule has 7 rings (SSSR count). The summed E-state index contributed by atoms with van der Waals surface area (Å²) in [7, 11) is 0. The van der Waals surface area contributed by atoms with Crippen molar-refractivity contribution in [3.05, 3.63) is 108 Å². The second-order valence-electron chi connectivity index (χ2n) is 11.3. The van der Waals surface area contributed by atoms with Crippen LogP contribution in [0.25, 0.3) is 16.9 Å². The first-order valence-electron chi connectivity index (χ1n) is 14.4. The van der Waals surface area contributed by atoms with Crippen molar-refractivity contribution in [2.75, 3.05) is 30.0 Å². The molecule has 1 fully saturated rings. The van der Waals surface area contributed by atoms with E-state index in [4.69, 9.17) is 14.7 Å². The number of benzene rings is 2. The third-order valence-electron chi connectivity index (χ3n) is 7.83. The molecule has 0 saturated carbocycles. The van der Waals surface area contributed by atoms with Gasteiger partial charge in [-0.05, 0) is 38.1 Å². The Hall–Kier alpha value is -5.42. The van der Waals surface area contributed by atoms with Crippen molar-refractivity contribution in [3.8, 4) is 11.3 Å². The number of pyridine rings is 1. The number of nitrogens with zero attached hydrogens (tertiary/aromatic N) is 6. The highest BCUT2D eigenvalue weighted by Gasteiger charge is 2.33. The SMILES string of the molecule is CC1(C)COCCN1c1ccc(-c2nn3cccnc3c2C(=O)N[C@H]2N=C(c3ccccc3)c3ccccc3NC2=O)cn1. The van der Waals surface area contributed by atoms with Gasteiger partial charge < -0.3 is 20.3 Å². The highest BCUT2D eigenvalue weighted by atomic mass is 16.5. The van der Waals surface area contributed by atoms with Crippen molar-refractivity contribution >= 4 is 34.7 Å². The molecule has 0 bridgehead atoms. The molecule has 0 spiro atoms. The van der Waals surface area contributed by atoms with E-state index in [-0.39, 0.29) is 11.1 Å². The molecule has 2 aliphatic rings. The highest BCUT2D eigenvalue weighted by Crippen LogP contribution is 2.30. The number of para-hydroxylation sites is 1. The standard InChI is InChI=1S/C33H30N8O3/c1-33(2)20-44-18-17-40(33)25-14-13-22(19-35-25)28-26(30-34-15-8-16-41(30)39-28)31(42)38-29-32(43)36-24-12-7-6-11-23(24)27(37-29)21-9-4-3-5-10-21/h3-16,19,29H,17-18,20H2,1-2H3,(H,36,43)(H,38,42)/t29-/m1/s1. The molecule has 2 N–H and O–H groups in total. The van der Waals surface area contributed by atoms with Crippen molar-refractivity contribution in [1.29, 1.82) is 0 Å². The van der Waals surface area contributed by atoms with Crippen molar-refractivity contribution in [3.63, 3.8) is 0 Å². The number of rotatable bonds is 5. The summed E-state index contributed by atoms with van der Waals surface area (Å²) in [5.41, 5.74) is 4.19.